The van der Waals surface area contributed by atoms with Crippen molar-refractivity contribution in [2.24, 2.45) is 5.92 Å². The molecule has 122 valence electrons. The lowest BCUT2D eigenvalue weighted by molar-refractivity contribution is -0.133. The van der Waals surface area contributed by atoms with Crippen molar-refractivity contribution in [1.82, 2.24) is 14.3 Å². The highest BCUT2D eigenvalue weighted by molar-refractivity contribution is 7.12. The molecule has 1 amide bonds. The number of halogens is 2. The molecule has 4 nitrogen and oxygen atoms in total. The molecule has 0 aromatic carbocycles. The highest BCUT2D eigenvalue weighted by atomic mass is 35.5. The predicted octanol–water partition coefficient (Wildman–Crippen LogP) is 4.69. The Kier molecular flexibility index (Phi) is 4.34. The summed E-state index contributed by atoms with van der Waals surface area (Å²) in [7, 11) is 0. The first-order valence-electron chi connectivity index (χ1n) is 7.68. The standard InChI is InChI=1S/C15H15Cl2N3OS2/c16-11-12(23-19-13(11)17)10-7-22-14(18-10)8-3-5-20(6-4-8)15(21)9-1-2-9/h7-9H,1-6H2. The third-order valence-electron chi connectivity index (χ3n) is 4.43. The number of thiazole rings is 1. The number of piperidine rings is 1. The highest BCUT2D eigenvalue weighted by Crippen LogP contribution is 2.40. The summed E-state index contributed by atoms with van der Waals surface area (Å²) in [5, 5.41) is 3.97. The zero-order valence-corrected chi connectivity index (χ0v) is 15.4. The number of nitrogens with zero attached hydrogens (tertiary/aromatic N) is 3. The molecule has 0 spiro atoms. The lowest BCUT2D eigenvalue weighted by Crippen LogP contribution is -2.38. The Morgan fingerprint density at radius 2 is 1.96 bits per heavy atom. The Balaban J connectivity index is 1.44. The Morgan fingerprint density at radius 3 is 2.57 bits per heavy atom. The Bertz CT molecular complexity index is 733. The minimum absolute atomic E-state index is 0.316. The first-order chi connectivity index (χ1) is 11.1. The summed E-state index contributed by atoms with van der Waals surface area (Å²) in [6, 6.07) is 0. The van der Waals surface area contributed by atoms with E-state index in [1.54, 1.807) is 11.3 Å². The number of hydrogen-bond acceptors (Lipinski definition) is 5. The second-order valence-corrected chi connectivity index (χ2v) is 8.46. The number of likely N-dealkylation sites (tertiary alicyclic amines) is 1. The Morgan fingerprint density at radius 1 is 1.22 bits per heavy atom. The van der Waals surface area contributed by atoms with E-state index in [0.29, 0.717) is 27.9 Å². The molecule has 1 aliphatic carbocycles. The molecule has 2 aromatic heterocycles. The van der Waals surface area contributed by atoms with Crippen molar-refractivity contribution in [3.63, 3.8) is 0 Å². The SMILES string of the molecule is O=C(C1CC1)N1CCC(c2nc(-c3snc(Cl)c3Cl)cs2)CC1. The van der Waals surface area contributed by atoms with Crippen LogP contribution in [0.3, 0.4) is 0 Å². The molecule has 0 bridgehead atoms. The van der Waals surface area contributed by atoms with Crippen molar-refractivity contribution in [3.8, 4) is 10.6 Å². The Hall–Kier alpha value is -0.690. The third-order valence-corrected chi connectivity index (χ3v) is 7.26. The zero-order chi connectivity index (χ0) is 16.0. The second kappa shape index (κ2) is 6.31. The van der Waals surface area contributed by atoms with E-state index in [-0.39, 0.29) is 0 Å². The van der Waals surface area contributed by atoms with E-state index in [0.717, 1.165) is 54.4 Å². The molecule has 1 saturated carbocycles. The summed E-state index contributed by atoms with van der Waals surface area (Å²) < 4.78 is 4.06. The number of carbonyl (C=O) groups excluding carboxylic acids is 1. The lowest BCUT2D eigenvalue weighted by Gasteiger charge is -2.31. The minimum atomic E-state index is 0.316. The van der Waals surface area contributed by atoms with E-state index in [2.05, 4.69) is 4.37 Å². The van der Waals surface area contributed by atoms with Crippen LogP contribution < -0.4 is 0 Å². The van der Waals surface area contributed by atoms with Crippen LogP contribution in [0.15, 0.2) is 5.38 Å². The number of hydrogen-bond donors (Lipinski definition) is 0. The molecule has 1 saturated heterocycles. The van der Waals surface area contributed by atoms with Gasteiger partial charge in [-0.25, -0.2) is 4.98 Å². The summed E-state index contributed by atoms with van der Waals surface area (Å²) in [5.41, 5.74) is 0.857. The van der Waals surface area contributed by atoms with Crippen molar-refractivity contribution < 1.29 is 4.79 Å². The number of amides is 1. The average molecular weight is 388 g/mol. The van der Waals surface area contributed by atoms with Crippen LogP contribution in [0, 0.1) is 5.92 Å². The van der Waals surface area contributed by atoms with Crippen LogP contribution in [-0.4, -0.2) is 33.3 Å². The molecule has 2 aromatic rings. The van der Waals surface area contributed by atoms with Gasteiger partial charge in [0.05, 0.1) is 20.6 Å². The average Bonchev–Trinajstić information content (AvgIpc) is 3.22. The van der Waals surface area contributed by atoms with Crippen molar-refractivity contribution in [3.05, 3.63) is 20.6 Å². The first kappa shape index (κ1) is 15.8. The van der Waals surface area contributed by atoms with Crippen LogP contribution >= 0.6 is 46.1 Å². The molecule has 3 heterocycles. The van der Waals surface area contributed by atoms with Gasteiger partial charge < -0.3 is 4.90 Å². The van der Waals surface area contributed by atoms with Crippen molar-refractivity contribution in [1.29, 1.82) is 0 Å². The molecule has 0 N–H and O–H groups in total. The van der Waals surface area contributed by atoms with Crippen LogP contribution in [0.25, 0.3) is 10.6 Å². The van der Waals surface area contributed by atoms with Crippen molar-refractivity contribution in [2.45, 2.75) is 31.6 Å². The van der Waals surface area contributed by atoms with Gasteiger partial charge in [0.25, 0.3) is 0 Å². The van der Waals surface area contributed by atoms with Gasteiger partial charge >= 0.3 is 0 Å². The van der Waals surface area contributed by atoms with Crippen LogP contribution in [0.2, 0.25) is 10.2 Å². The van der Waals surface area contributed by atoms with E-state index in [1.807, 2.05) is 10.3 Å². The van der Waals surface area contributed by atoms with Gasteiger partial charge in [0.15, 0.2) is 5.15 Å². The molecular weight excluding hydrogens is 373 g/mol. The molecular formula is C15H15Cl2N3OS2. The molecule has 2 fully saturated rings. The molecule has 8 heteroatoms. The lowest BCUT2D eigenvalue weighted by atomic mass is 9.97. The predicted molar refractivity (Wildman–Crippen MR) is 94.5 cm³/mol. The summed E-state index contributed by atoms with van der Waals surface area (Å²) in [5.74, 6) is 1.10. The molecule has 23 heavy (non-hydrogen) atoms. The molecule has 1 aliphatic heterocycles. The maximum Gasteiger partial charge on any atom is 0.225 e. The summed E-state index contributed by atoms with van der Waals surface area (Å²) in [6.07, 6.45) is 4.13. The van der Waals surface area contributed by atoms with E-state index in [4.69, 9.17) is 28.2 Å². The van der Waals surface area contributed by atoms with E-state index in [1.165, 1.54) is 11.5 Å². The first-order valence-corrected chi connectivity index (χ1v) is 10.1. The quantitative estimate of drug-likeness (QED) is 0.766. The maximum absolute atomic E-state index is 12.1. The smallest absolute Gasteiger partial charge is 0.225 e. The second-order valence-electron chi connectivity index (χ2n) is 6.06. The topological polar surface area (TPSA) is 46.1 Å². The fourth-order valence-electron chi connectivity index (χ4n) is 2.93. The molecule has 0 unspecified atom stereocenters. The van der Waals surface area contributed by atoms with Crippen LogP contribution in [0.5, 0.6) is 0 Å². The summed E-state index contributed by atoms with van der Waals surface area (Å²) in [4.78, 5) is 19.7. The highest BCUT2D eigenvalue weighted by Gasteiger charge is 2.35. The normalized spacial score (nSPS) is 19.3. The largest absolute Gasteiger partial charge is 0.342 e. The molecule has 0 radical (unpaired) electrons. The van der Waals surface area contributed by atoms with E-state index >= 15 is 0 Å². The van der Waals surface area contributed by atoms with Gasteiger partial charge in [-0.2, -0.15) is 4.37 Å². The fraction of sp³-hybridized carbons (Fsp3) is 0.533. The van der Waals surface area contributed by atoms with Gasteiger partial charge in [-0.05, 0) is 37.2 Å². The van der Waals surface area contributed by atoms with Gasteiger partial charge in [0.1, 0.15) is 0 Å². The number of rotatable bonds is 3. The summed E-state index contributed by atoms with van der Waals surface area (Å²) in [6.45, 7) is 1.70. The van der Waals surface area contributed by atoms with Crippen molar-refractivity contribution >= 4 is 52.0 Å². The van der Waals surface area contributed by atoms with Crippen molar-refractivity contribution in [2.75, 3.05) is 13.1 Å². The summed E-state index contributed by atoms with van der Waals surface area (Å²) >= 11 is 15.0. The van der Waals surface area contributed by atoms with Gasteiger partial charge in [-0.1, -0.05) is 23.2 Å². The van der Waals surface area contributed by atoms with Gasteiger partial charge in [0.2, 0.25) is 5.91 Å². The van der Waals surface area contributed by atoms with E-state index < -0.39 is 0 Å². The number of aromatic nitrogens is 2. The minimum Gasteiger partial charge on any atom is -0.342 e. The number of carbonyl (C=O) groups is 1. The van der Waals surface area contributed by atoms with E-state index in [9.17, 15) is 4.79 Å². The van der Waals surface area contributed by atoms with Crippen LogP contribution in [0.1, 0.15) is 36.6 Å². The fourth-order valence-corrected chi connectivity index (χ4v) is 5.17. The third kappa shape index (κ3) is 3.14. The van der Waals surface area contributed by atoms with Gasteiger partial charge in [-0.3, -0.25) is 4.79 Å². The van der Waals surface area contributed by atoms with Gasteiger partial charge in [-0.15, -0.1) is 11.3 Å². The molecule has 0 atom stereocenters. The molecule has 4 rings (SSSR count). The monoisotopic (exact) mass is 387 g/mol. The zero-order valence-electron chi connectivity index (χ0n) is 12.3. The maximum atomic E-state index is 12.1. The van der Waals surface area contributed by atoms with Crippen LogP contribution in [0.4, 0.5) is 0 Å². The Labute approximate surface area is 152 Å². The molecule has 2 aliphatic rings. The van der Waals surface area contributed by atoms with Crippen LogP contribution in [-0.2, 0) is 4.79 Å². The van der Waals surface area contributed by atoms with Gasteiger partial charge in [0, 0.05) is 30.3 Å².